The van der Waals surface area contributed by atoms with Crippen LogP contribution in [0.5, 0.6) is 0 Å². The van der Waals surface area contributed by atoms with E-state index < -0.39 is 0 Å². The van der Waals surface area contributed by atoms with Crippen molar-refractivity contribution < 1.29 is 4.92 Å². The molecule has 0 saturated carbocycles. The van der Waals surface area contributed by atoms with E-state index in [0.29, 0.717) is 12.1 Å². The Bertz CT molecular complexity index is 732. The Balaban J connectivity index is 2.12. The summed E-state index contributed by atoms with van der Waals surface area (Å²) in [4.78, 5) is 10.8. The average molecular weight is 252 g/mol. The van der Waals surface area contributed by atoms with Crippen LogP contribution in [0.25, 0.3) is 10.9 Å². The van der Waals surface area contributed by atoms with E-state index in [1.165, 1.54) is 0 Å². The van der Waals surface area contributed by atoms with Crippen molar-refractivity contribution in [2.24, 2.45) is 0 Å². The number of rotatable bonds is 3. The topological polar surface area (TPSA) is 48.1 Å². The molecule has 0 aliphatic rings. The monoisotopic (exact) mass is 252 g/mol. The van der Waals surface area contributed by atoms with Gasteiger partial charge in [-0.05, 0) is 11.6 Å². The van der Waals surface area contributed by atoms with Gasteiger partial charge in [-0.25, -0.2) is 0 Å². The van der Waals surface area contributed by atoms with E-state index in [1.54, 1.807) is 12.1 Å². The number of benzene rings is 2. The van der Waals surface area contributed by atoms with Gasteiger partial charge in [-0.3, -0.25) is 10.1 Å². The third-order valence-corrected chi connectivity index (χ3v) is 3.16. The third-order valence-electron chi connectivity index (χ3n) is 3.16. The Morgan fingerprint density at radius 2 is 1.79 bits per heavy atom. The fraction of sp³-hybridized carbons (Fsp3) is 0.0667. The molecule has 4 heteroatoms. The van der Waals surface area contributed by atoms with Gasteiger partial charge in [0.15, 0.2) is 0 Å². The number of hydrogen-bond acceptors (Lipinski definition) is 2. The number of fused-ring (bicyclic) bond motifs is 1. The molecule has 4 nitrogen and oxygen atoms in total. The van der Waals surface area contributed by atoms with Crippen molar-refractivity contribution >= 4 is 16.6 Å². The summed E-state index contributed by atoms with van der Waals surface area (Å²) < 4.78 is 1.92. The van der Waals surface area contributed by atoms with Gasteiger partial charge in [-0.2, -0.15) is 0 Å². The van der Waals surface area contributed by atoms with Crippen LogP contribution in [0.3, 0.4) is 0 Å². The molecule has 3 rings (SSSR count). The molecule has 0 aliphatic heterocycles. The van der Waals surface area contributed by atoms with Gasteiger partial charge < -0.3 is 4.57 Å². The highest BCUT2D eigenvalue weighted by Gasteiger charge is 2.15. The van der Waals surface area contributed by atoms with Crippen LogP contribution in [-0.2, 0) is 6.54 Å². The van der Waals surface area contributed by atoms with Gasteiger partial charge in [0.25, 0.3) is 5.69 Å². The summed E-state index contributed by atoms with van der Waals surface area (Å²) in [6.45, 7) is 0.634. The molecular weight excluding hydrogens is 240 g/mol. The maximum atomic E-state index is 11.1. The first-order chi connectivity index (χ1) is 9.25. The van der Waals surface area contributed by atoms with Crippen molar-refractivity contribution in [1.82, 2.24) is 4.57 Å². The highest BCUT2D eigenvalue weighted by molar-refractivity contribution is 5.88. The minimum Gasteiger partial charge on any atom is -0.337 e. The van der Waals surface area contributed by atoms with Crippen LogP contribution in [0.15, 0.2) is 60.8 Å². The molecule has 0 radical (unpaired) electrons. The highest BCUT2D eigenvalue weighted by atomic mass is 16.6. The molecule has 19 heavy (non-hydrogen) atoms. The number of aromatic nitrogens is 1. The number of non-ortho nitro benzene ring substituents is 1. The predicted octanol–water partition coefficient (Wildman–Crippen LogP) is 3.60. The molecular formula is C15H12N2O2. The molecule has 0 N–H and O–H groups in total. The number of para-hydroxylation sites is 1. The maximum absolute atomic E-state index is 11.1. The summed E-state index contributed by atoms with van der Waals surface area (Å²) in [5.74, 6) is 0. The van der Waals surface area contributed by atoms with Crippen LogP contribution >= 0.6 is 0 Å². The van der Waals surface area contributed by atoms with Gasteiger partial charge in [0.1, 0.15) is 5.52 Å². The Hall–Kier alpha value is -2.62. The van der Waals surface area contributed by atoms with Gasteiger partial charge in [0.2, 0.25) is 0 Å². The molecule has 0 bridgehead atoms. The van der Waals surface area contributed by atoms with Crippen LogP contribution < -0.4 is 0 Å². The molecule has 1 heterocycles. The molecule has 0 spiro atoms. The molecule has 2 aromatic carbocycles. The summed E-state index contributed by atoms with van der Waals surface area (Å²) in [6, 6.07) is 17.0. The van der Waals surface area contributed by atoms with Crippen molar-refractivity contribution in [2.75, 3.05) is 0 Å². The largest absolute Gasteiger partial charge is 0.337 e. The molecule has 0 unspecified atom stereocenters. The molecule has 0 atom stereocenters. The van der Waals surface area contributed by atoms with Crippen LogP contribution in [0.4, 0.5) is 5.69 Å². The lowest BCUT2D eigenvalue weighted by Crippen LogP contribution is -2.00. The number of nitro benzene ring substituents is 1. The quantitative estimate of drug-likeness (QED) is 0.528. The van der Waals surface area contributed by atoms with Crippen LogP contribution in [0.2, 0.25) is 0 Å². The second-order valence-electron chi connectivity index (χ2n) is 4.40. The summed E-state index contributed by atoms with van der Waals surface area (Å²) in [7, 11) is 0. The van der Waals surface area contributed by atoms with Crippen molar-refractivity contribution in [3.05, 3.63) is 76.5 Å². The Kier molecular flexibility index (Phi) is 2.76. The lowest BCUT2D eigenvalue weighted by Gasteiger charge is -2.05. The molecule has 1 aromatic heterocycles. The van der Waals surface area contributed by atoms with Crippen molar-refractivity contribution in [3.8, 4) is 0 Å². The van der Waals surface area contributed by atoms with Crippen LogP contribution in [-0.4, -0.2) is 9.49 Å². The minimum absolute atomic E-state index is 0.151. The molecule has 3 aromatic rings. The average Bonchev–Trinajstić information content (AvgIpc) is 2.83. The van der Waals surface area contributed by atoms with E-state index in [-0.39, 0.29) is 10.6 Å². The number of hydrogen-bond donors (Lipinski definition) is 0. The van der Waals surface area contributed by atoms with Crippen LogP contribution in [0.1, 0.15) is 5.56 Å². The minimum atomic E-state index is -0.330. The Morgan fingerprint density at radius 3 is 2.53 bits per heavy atom. The third kappa shape index (κ3) is 2.08. The molecule has 0 fully saturated rings. The zero-order valence-electron chi connectivity index (χ0n) is 10.2. The van der Waals surface area contributed by atoms with E-state index in [2.05, 4.69) is 0 Å². The smallest absolute Gasteiger partial charge is 0.293 e. The van der Waals surface area contributed by atoms with E-state index in [4.69, 9.17) is 0 Å². The maximum Gasteiger partial charge on any atom is 0.293 e. The lowest BCUT2D eigenvalue weighted by molar-refractivity contribution is -0.383. The second kappa shape index (κ2) is 4.57. The van der Waals surface area contributed by atoms with E-state index in [0.717, 1.165) is 10.9 Å². The summed E-state index contributed by atoms with van der Waals surface area (Å²) in [5.41, 5.74) is 1.95. The Morgan fingerprint density at radius 1 is 1.00 bits per heavy atom. The Labute approximate surface area is 110 Å². The first-order valence-electron chi connectivity index (χ1n) is 6.02. The fourth-order valence-corrected chi connectivity index (χ4v) is 2.30. The normalized spacial score (nSPS) is 10.7. The fourth-order valence-electron chi connectivity index (χ4n) is 2.30. The standard InChI is InChI=1S/C15H12N2O2/c18-17(19)14-8-4-7-13-9-10-16(15(13)14)11-12-5-2-1-3-6-12/h1-10H,11H2. The van der Waals surface area contributed by atoms with Gasteiger partial charge in [-0.1, -0.05) is 42.5 Å². The SMILES string of the molecule is O=[N+]([O-])c1cccc2ccn(Cc3ccccc3)c12. The van der Waals surface area contributed by atoms with E-state index >= 15 is 0 Å². The van der Waals surface area contributed by atoms with Crippen molar-refractivity contribution in [3.63, 3.8) is 0 Å². The zero-order chi connectivity index (χ0) is 13.2. The lowest BCUT2D eigenvalue weighted by atomic mass is 10.2. The van der Waals surface area contributed by atoms with Crippen LogP contribution in [0, 0.1) is 10.1 Å². The first kappa shape index (κ1) is 11.5. The van der Waals surface area contributed by atoms with Crippen molar-refractivity contribution in [1.29, 1.82) is 0 Å². The van der Waals surface area contributed by atoms with E-state index in [1.807, 2.05) is 53.2 Å². The van der Waals surface area contributed by atoms with Gasteiger partial charge in [0.05, 0.1) is 4.92 Å². The number of nitro groups is 1. The van der Waals surface area contributed by atoms with E-state index in [9.17, 15) is 10.1 Å². The van der Waals surface area contributed by atoms with Gasteiger partial charge >= 0.3 is 0 Å². The van der Waals surface area contributed by atoms with Gasteiger partial charge in [-0.15, -0.1) is 0 Å². The summed E-state index contributed by atoms with van der Waals surface area (Å²) in [5, 5.41) is 12.0. The molecule has 0 aliphatic carbocycles. The molecule has 0 saturated heterocycles. The predicted molar refractivity (Wildman–Crippen MR) is 74.1 cm³/mol. The van der Waals surface area contributed by atoms with Gasteiger partial charge in [0, 0.05) is 24.2 Å². The highest BCUT2D eigenvalue weighted by Crippen LogP contribution is 2.26. The molecule has 0 amide bonds. The summed E-state index contributed by atoms with van der Waals surface area (Å²) >= 11 is 0. The van der Waals surface area contributed by atoms with Crippen molar-refractivity contribution in [2.45, 2.75) is 6.54 Å². The summed E-state index contributed by atoms with van der Waals surface area (Å²) in [6.07, 6.45) is 1.89. The first-order valence-corrected chi connectivity index (χ1v) is 6.02. The second-order valence-corrected chi connectivity index (χ2v) is 4.40. The number of nitrogens with zero attached hydrogens (tertiary/aromatic N) is 2. The molecule has 94 valence electrons. The zero-order valence-corrected chi connectivity index (χ0v) is 10.2.